The van der Waals surface area contributed by atoms with Crippen molar-refractivity contribution in [2.75, 3.05) is 18.4 Å². The van der Waals surface area contributed by atoms with Crippen molar-refractivity contribution in [1.82, 2.24) is 4.90 Å². The molecule has 0 aromatic heterocycles. The average Bonchev–Trinajstić information content (AvgIpc) is 2.55. The molecular weight excluding hydrogens is 300 g/mol. The number of morpholine rings is 1. The second-order valence-electron chi connectivity index (χ2n) is 6.47. The molecule has 0 radical (unpaired) electrons. The Hall–Kier alpha value is -2.17. The third kappa shape index (κ3) is 4.43. The Morgan fingerprint density at radius 2 is 1.67 bits per heavy atom. The van der Waals surface area contributed by atoms with Gasteiger partial charge in [-0.25, -0.2) is 0 Å². The SMILES string of the molecule is CC1CN(Cc2ccc(C(=O)Nc3ccccc3)cc2)CC(C)O1. The summed E-state index contributed by atoms with van der Waals surface area (Å²) in [7, 11) is 0. The quantitative estimate of drug-likeness (QED) is 0.935. The van der Waals surface area contributed by atoms with Crippen LogP contribution in [0.3, 0.4) is 0 Å². The van der Waals surface area contributed by atoms with Gasteiger partial charge in [-0.1, -0.05) is 30.3 Å². The van der Waals surface area contributed by atoms with Crippen molar-refractivity contribution in [2.45, 2.75) is 32.6 Å². The van der Waals surface area contributed by atoms with Crippen LogP contribution >= 0.6 is 0 Å². The van der Waals surface area contributed by atoms with Crippen LogP contribution in [-0.2, 0) is 11.3 Å². The van der Waals surface area contributed by atoms with Crippen LogP contribution in [0.4, 0.5) is 5.69 Å². The van der Waals surface area contributed by atoms with Crippen LogP contribution in [0.15, 0.2) is 54.6 Å². The normalized spacial score (nSPS) is 21.4. The van der Waals surface area contributed by atoms with Gasteiger partial charge in [0.1, 0.15) is 0 Å². The van der Waals surface area contributed by atoms with Gasteiger partial charge in [-0.15, -0.1) is 0 Å². The van der Waals surface area contributed by atoms with E-state index in [0.29, 0.717) is 5.56 Å². The highest BCUT2D eigenvalue weighted by molar-refractivity contribution is 6.04. The predicted octanol–water partition coefficient (Wildman–Crippen LogP) is 3.55. The summed E-state index contributed by atoms with van der Waals surface area (Å²) < 4.78 is 5.77. The first-order valence-corrected chi connectivity index (χ1v) is 8.43. The number of ether oxygens (including phenoxy) is 1. The smallest absolute Gasteiger partial charge is 0.255 e. The largest absolute Gasteiger partial charge is 0.373 e. The number of hydrogen-bond donors (Lipinski definition) is 1. The van der Waals surface area contributed by atoms with E-state index < -0.39 is 0 Å². The van der Waals surface area contributed by atoms with Crippen LogP contribution in [-0.4, -0.2) is 36.1 Å². The molecule has 1 aliphatic heterocycles. The van der Waals surface area contributed by atoms with E-state index in [-0.39, 0.29) is 18.1 Å². The summed E-state index contributed by atoms with van der Waals surface area (Å²) in [6.45, 7) is 7.00. The van der Waals surface area contributed by atoms with Crippen LogP contribution in [0.25, 0.3) is 0 Å². The number of anilines is 1. The Bertz CT molecular complexity index is 660. The molecule has 24 heavy (non-hydrogen) atoms. The number of carbonyl (C=O) groups excluding carboxylic acids is 1. The number of amides is 1. The third-order valence-electron chi connectivity index (χ3n) is 4.15. The molecule has 0 spiro atoms. The van der Waals surface area contributed by atoms with Crippen molar-refractivity contribution in [1.29, 1.82) is 0 Å². The second-order valence-corrected chi connectivity index (χ2v) is 6.47. The van der Waals surface area contributed by atoms with Gasteiger partial charge in [0.05, 0.1) is 12.2 Å². The van der Waals surface area contributed by atoms with Crippen molar-refractivity contribution >= 4 is 11.6 Å². The van der Waals surface area contributed by atoms with E-state index in [4.69, 9.17) is 4.74 Å². The van der Waals surface area contributed by atoms with Gasteiger partial charge >= 0.3 is 0 Å². The maximum Gasteiger partial charge on any atom is 0.255 e. The molecule has 2 aromatic carbocycles. The molecule has 0 saturated carbocycles. The minimum absolute atomic E-state index is 0.0821. The van der Waals surface area contributed by atoms with Crippen molar-refractivity contribution in [3.63, 3.8) is 0 Å². The Balaban J connectivity index is 1.60. The fourth-order valence-corrected chi connectivity index (χ4v) is 3.16. The monoisotopic (exact) mass is 324 g/mol. The van der Waals surface area contributed by atoms with Crippen LogP contribution < -0.4 is 5.32 Å². The first kappa shape index (κ1) is 16.7. The molecule has 1 N–H and O–H groups in total. The summed E-state index contributed by atoms with van der Waals surface area (Å²) >= 11 is 0. The lowest BCUT2D eigenvalue weighted by molar-refractivity contribution is -0.0704. The summed E-state index contributed by atoms with van der Waals surface area (Å²) in [5.41, 5.74) is 2.70. The molecular formula is C20H24N2O2. The summed E-state index contributed by atoms with van der Waals surface area (Å²) in [4.78, 5) is 14.7. The molecule has 1 saturated heterocycles. The topological polar surface area (TPSA) is 41.6 Å². The van der Waals surface area contributed by atoms with Crippen molar-refractivity contribution in [3.8, 4) is 0 Å². The zero-order valence-corrected chi connectivity index (χ0v) is 14.2. The molecule has 1 heterocycles. The number of benzene rings is 2. The maximum atomic E-state index is 12.3. The predicted molar refractivity (Wildman–Crippen MR) is 96.1 cm³/mol. The second kappa shape index (κ2) is 7.60. The van der Waals surface area contributed by atoms with Gasteiger partial charge < -0.3 is 10.1 Å². The summed E-state index contributed by atoms with van der Waals surface area (Å²) in [6, 6.07) is 17.3. The Kier molecular flexibility index (Phi) is 5.28. The fourth-order valence-electron chi connectivity index (χ4n) is 3.16. The zero-order valence-electron chi connectivity index (χ0n) is 14.2. The lowest BCUT2D eigenvalue weighted by atomic mass is 10.1. The molecule has 0 bridgehead atoms. The van der Waals surface area contributed by atoms with E-state index in [1.807, 2.05) is 54.6 Å². The first-order chi connectivity index (χ1) is 11.6. The molecule has 0 aliphatic carbocycles. The van der Waals surface area contributed by atoms with Gasteiger partial charge in [-0.2, -0.15) is 0 Å². The lowest BCUT2D eigenvalue weighted by Gasteiger charge is -2.35. The molecule has 2 unspecified atom stereocenters. The number of nitrogens with zero attached hydrogens (tertiary/aromatic N) is 1. The zero-order chi connectivity index (χ0) is 16.9. The van der Waals surface area contributed by atoms with Gasteiger partial charge in [0.2, 0.25) is 0 Å². The van der Waals surface area contributed by atoms with E-state index >= 15 is 0 Å². The maximum absolute atomic E-state index is 12.3. The van der Waals surface area contributed by atoms with E-state index in [1.54, 1.807) is 0 Å². The molecule has 1 amide bonds. The Morgan fingerprint density at radius 3 is 2.29 bits per heavy atom. The highest BCUT2D eigenvalue weighted by Crippen LogP contribution is 2.15. The van der Waals surface area contributed by atoms with Gasteiger partial charge in [-0.3, -0.25) is 9.69 Å². The van der Waals surface area contributed by atoms with E-state index in [1.165, 1.54) is 5.56 Å². The number of para-hydroxylation sites is 1. The number of rotatable bonds is 4. The van der Waals surface area contributed by atoms with Crippen molar-refractivity contribution in [3.05, 3.63) is 65.7 Å². The van der Waals surface area contributed by atoms with Gasteiger partial charge in [-0.05, 0) is 43.7 Å². The van der Waals surface area contributed by atoms with Gasteiger partial charge in [0, 0.05) is 30.9 Å². The Morgan fingerprint density at radius 1 is 1.04 bits per heavy atom. The van der Waals surface area contributed by atoms with Crippen LogP contribution in [0, 0.1) is 0 Å². The molecule has 2 aromatic rings. The lowest BCUT2D eigenvalue weighted by Crippen LogP contribution is -2.44. The number of carbonyl (C=O) groups is 1. The summed E-state index contributed by atoms with van der Waals surface area (Å²) in [6.07, 6.45) is 0.536. The first-order valence-electron chi connectivity index (χ1n) is 8.43. The molecule has 2 atom stereocenters. The van der Waals surface area contributed by atoms with Gasteiger partial charge in [0.15, 0.2) is 0 Å². The number of nitrogens with one attached hydrogen (secondary N) is 1. The van der Waals surface area contributed by atoms with E-state index in [9.17, 15) is 4.79 Å². The molecule has 1 aliphatic rings. The van der Waals surface area contributed by atoms with Crippen LogP contribution in [0.1, 0.15) is 29.8 Å². The highest BCUT2D eigenvalue weighted by Gasteiger charge is 2.22. The van der Waals surface area contributed by atoms with Crippen molar-refractivity contribution in [2.24, 2.45) is 0 Å². The van der Waals surface area contributed by atoms with E-state index in [0.717, 1.165) is 25.3 Å². The molecule has 126 valence electrons. The number of hydrogen-bond acceptors (Lipinski definition) is 3. The minimum atomic E-state index is -0.0821. The van der Waals surface area contributed by atoms with Crippen LogP contribution in [0.2, 0.25) is 0 Å². The third-order valence-corrected chi connectivity index (χ3v) is 4.15. The average molecular weight is 324 g/mol. The molecule has 1 fully saturated rings. The molecule has 4 nitrogen and oxygen atoms in total. The Labute approximate surface area is 143 Å². The minimum Gasteiger partial charge on any atom is -0.373 e. The van der Waals surface area contributed by atoms with E-state index in [2.05, 4.69) is 24.1 Å². The fraction of sp³-hybridized carbons (Fsp3) is 0.350. The van der Waals surface area contributed by atoms with Gasteiger partial charge in [0.25, 0.3) is 5.91 Å². The summed E-state index contributed by atoms with van der Waals surface area (Å²) in [5, 5.41) is 2.90. The van der Waals surface area contributed by atoms with Crippen molar-refractivity contribution < 1.29 is 9.53 Å². The highest BCUT2D eigenvalue weighted by atomic mass is 16.5. The molecule has 3 rings (SSSR count). The van der Waals surface area contributed by atoms with Crippen LogP contribution in [0.5, 0.6) is 0 Å². The standard InChI is InChI=1S/C20H24N2O2/c1-15-12-22(13-16(2)24-15)14-17-8-10-18(11-9-17)20(23)21-19-6-4-3-5-7-19/h3-11,15-16H,12-14H2,1-2H3,(H,21,23). The molecule has 4 heteroatoms. The summed E-state index contributed by atoms with van der Waals surface area (Å²) in [5.74, 6) is -0.0821.